The molecule has 0 fully saturated rings. The molecule has 1 N–H and O–H groups in total. The number of benzene rings is 2. The first-order valence-corrected chi connectivity index (χ1v) is 9.72. The molecule has 4 nitrogen and oxygen atoms in total. The van der Waals surface area contributed by atoms with Crippen LogP contribution in [0.5, 0.6) is 0 Å². The van der Waals surface area contributed by atoms with Crippen LogP contribution >= 0.6 is 23.4 Å². The van der Waals surface area contributed by atoms with Crippen molar-refractivity contribution in [2.45, 2.75) is 11.5 Å². The first-order valence-electron chi connectivity index (χ1n) is 8.19. The van der Waals surface area contributed by atoms with E-state index in [1.807, 2.05) is 54.6 Å². The molecule has 26 heavy (non-hydrogen) atoms. The largest absolute Gasteiger partial charge is 0.307 e. The van der Waals surface area contributed by atoms with Crippen molar-refractivity contribution < 1.29 is 4.79 Å². The van der Waals surface area contributed by atoms with Crippen LogP contribution in [0, 0.1) is 0 Å². The van der Waals surface area contributed by atoms with Gasteiger partial charge in [0.05, 0.1) is 11.4 Å². The van der Waals surface area contributed by atoms with Crippen LogP contribution in [-0.2, 0) is 16.3 Å². The third kappa shape index (κ3) is 3.54. The Morgan fingerprint density at radius 3 is 2.65 bits per heavy atom. The highest BCUT2D eigenvalue weighted by Crippen LogP contribution is 2.36. The number of carbonyl (C=O) groups is 1. The lowest BCUT2D eigenvalue weighted by Gasteiger charge is -2.10. The maximum Gasteiger partial charge on any atom is 0.249 e. The summed E-state index contributed by atoms with van der Waals surface area (Å²) in [5.41, 5.74) is 3.96. The van der Waals surface area contributed by atoms with Gasteiger partial charge in [-0.15, -0.1) is 0 Å². The SMILES string of the molecule is O=C(C=Cc1ccccc1)Nc1c2c(nn1-c1ccc(Cl)cc1)CSC2. The van der Waals surface area contributed by atoms with Crippen LogP contribution in [0.2, 0.25) is 5.02 Å². The number of amides is 1. The van der Waals surface area contributed by atoms with Gasteiger partial charge in [-0.1, -0.05) is 41.9 Å². The number of carbonyl (C=O) groups excluding carboxylic acids is 1. The maximum atomic E-state index is 12.5. The van der Waals surface area contributed by atoms with E-state index in [1.54, 1.807) is 28.6 Å². The van der Waals surface area contributed by atoms with Gasteiger partial charge in [-0.2, -0.15) is 16.9 Å². The fourth-order valence-corrected chi connectivity index (χ4v) is 3.97. The summed E-state index contributed by atoms with van der Waals surface area (Å²) in [6, 6.07) is 17.2. The van der Waals surface area contributed by atoms with Crippen LogP contribution in [-0.4, -0.2) is 15.7 Å². The summed E-state index contributed by atoms with van der Waals surface area (Å²) in [5, 5.41) is 8.35. The average Bonchev–Trinajstić information content (AvgIpc) is 3.24. The molecule has 0 bridgehead atoms. The lowest BCUT2D eigenvalue weighted by Crippen LogP contribution is -2.13. The van der Waals surface area contributed by atoms with Crippen molar-refractivity contribution in [3.05, 3.63) is 82.5 Å². The highest BCUT2D eigenvalue weighted by molar-refractivity contribution is 7.98. The molecule has 0 saturated carbocycles. The quantitative estimate of drug-likeness (QED) is 0.652. The molecular formula is C20H16ClN3OS. The fourth-order valence-electron chi connectivity index (χ4n) is 2.80. The number of halogens is 1. The molecule has 1 amide bonds. The van der Waals surface area contributed by atoms with Crippen molar-refractivity contribution in [1.82, 2.24) is 9.78 Å². The topological polar surface area (TPSA) is 46.9 Å². The standard InChI is InChI=1S/C20H16ClN3OS/c21-15-7-9-16(10-8-15)24-20(17-12-26-13-18(17)23-24)22-19(25)11-6-14-4-2-1-3-5-14/h1-11H,12-13H2,(H,22,25). The lowest BCUT2D eigenvalue weighted by molar-refractivity contribution is -0.111. The van der Waals surface area contributed by atoms with Gasteiger partial charge in [0.15, 0.2) is 0 Å². The summed E-state index contributed by atoms with van der Waals surface area (Å²) in [5.74, 6) is 2.26. The van der Waals surface area contributed by atoms with Gasteiger partial charge in [0.25, 0.3) is 0 Å². The van der Waals surface area contributed by atoms with Crippen LogP contribution < -0.4 is 5.32 Å². The van der Waals surface area contributed by atoms with Crippen molar-refractivity contribution in [3.63, 3.8) is 0 Å². The summed E-state index contributed by atoms with van der Waals surface area (Å²) < 4.78 is 1.79. The summed E-state index contributed by atoms with van der Waals surface area (Å²) in [7, 11) is 0. The van der Waals surface area contributed by atoms with E-state index in [0.29, 0.717) is 5.02 Å². The van der Waals surface area contributed by atoms with E-state index in [4.69, 9.17) is 11.6 Å². The van der Waals surface area contributed by atoms with Crippen molar-refractivity contribution in [1.29, 1.82) is 0 Å². The van der Waals surface area contributed by atoms with Crippen LogP contribution in [0.4, 0.5) is 5.82 Å². The Bertz CT molecular complexity index is 965. The minimum atomic E-state index is -0.177. The molecule has 0 spiro atoms. The van der Waals surface area contributed by atoms with Crippen molar-refractivity contribution in [2.75, 3.05) is 5.32 Å². The van der Waals surface area contributed by atoms with E-state index in [-0.39, 0.29) is 5.91 Å². The second kappa shape index (κ2) is 7.40. The third-order valence-electron chi connectivity index (χ3n) is 4.09. The van der Waals surface area contributed by atoms with E-state index in [0.717, 1.165) is 39.8 Å². The van der Waals surface area contributed by atoms with Gasteiger partial charge >= 0.3 is 0 Å². The first-order chi connectivity index (χ1) is 12.7. The highest BCUT2D eigenvalue weighted by atomic mass is 35.5. The van der Waals surface area contributed by atoms with Crippen LogP contribution in [0.15, 0.2) is 60.7 Å². The van der Waals surface area contributed by atoms with Crippen molar-refractivity contribution in [3.8, 4) is 5.69 Å². The average molecular weight is 382 g/mol. The molecule has 0 unspecified atom stereocenters. The summed E-state index contributed by atoms with van der Waals surface area (Å²) in [4.78, 5) is 12.5. The molecule has 130 valence electrons. The van der Waals surface area contributed by atoms with E-state index in [2.05, 4.69) is 10.4 Å². The highest BCUT2D eigenvalue weighted by Gasteiger charge is 2.24. The van der Waals surface area contributed by atoms with E-state index >= 15 is 0 Å². The molecule has 2 aromatic carbocycles. The van der Waals surface area contributed by atoms with Gasteiger partial charge in [-0.25, -0.2) is 4.68 Å². The minimum absolute atomic E-state index is 0.177. The molecule has 0 aliphatic carbocycles. The van der Waals surface area contributed by atoms with Gasteiger partial charge in [-0.3, -0.25) is 4.79 Å². The monoisotopic (exact) mass is 381 g/mol. The maximum absolute atomic E-state index is 12.5. The number of nitrogens with one attached hydrogen (secondary N) is 1. The zero-order valence-electron chi connectivity index (χ0n) is 13.9. The molecule has 6 heteroatoms. The normalized spacial score (nSPS) is 13.1. The zero-order chi connectivity index (χ0) is 17.9. The first kappa shape index (κ1) is 16.9. The fraction of sp³-hybridized carbons (Fsp3) is 0.100. The second-order valence-electron chi connectivity index (χ2n) is 5.89. The molecule has 0 radical (unpaired) electrons. The predicted octanol–water partition coefficient (Wildman–Crippen LogP) is 4.92. The molecule has 1 aliphatic heterocycles. The number of hydrogen-bond donors (Lipinski definition) is 1. The van der Waals surface area contributed by atoms with Crippen LogP contribution in [0.25, 0.3) is 11.8 Å². The van der Waals surface area contributed by atoms with Gasteiger partial charge in [0, 0.05) is 28.2 Å². The van der Waals surface area contributed by atoms with E-state index in [1.165, 1.54) is 0 Å². The van der Waals surface area contributed by atoms with Crippen molar-refractivity contribution in [2.24, 2.45) is 0 Å². The Morgan fingerprint density at radius 1 is 1.12 bits per heavy atom. The Morgan fingerprint density at radius 2 is 1.88 bits per heavy atom. The number of rotatable bonds is 4. The molecular weight excluding hydrogens is 366 g/mol. The summed E-state index contributed by atoms with van der Waals surface area (Å²) in [6.45, 7) is 0. The van der Waals surface area contributed by atoms with E-state index < -0.39 is 0 Å². The Labute approximate surface area is 160 Å². The Balaban J connectivity index is 1.62. The number of fused-ring (bicyclic) bond motifs is 1. The van der Waals surface area contributed by atoms with Gasteiger partial charge in [0.2, 0.25) is 5.91 Å². The smallest absolute Gasteiger partial charge is 0.249 e. The zero-order valence-corrected chi connectivity index (χ0v) is 15.4. The lowest BCUT2D eigenvalue weighted by atomic mass is 10.2. The van der Waals surface area contributed by atoms with E-state index in [9.17, 15) is 4.79 Å². The number of hydrogen-bond acceptors (Lipinski definition) is 3. The van der Waals surface area contributed by atoms with Crippen molar-refractivity contribution >= 4 is 41.2 Å². The minimum Gasteiger partial charge on any atom is -0.307 e. The molecule has 1 aromatic heterocycles. The molecule has 3 aromatic rings. The predicted molar refractivity (Wildman–Crippen MR) is 108 cm³/mol. The Hall–Kier alpha value is -2.50. The number of anilines is 1. The number of aromatic nitrogens is 2. The molecule has 2 heterocycles. The Kier molecular flexibility index (Phi) is 4.82. The molecule has 4 rings (SSSR count). The molecule has 0 saturated heterocycles. The molecule has 0 atom stereocenters. The second-order valence-corrected chi connectivity index (χ2v) is 7.31. The number of nitrogens with zero attached hydrogens (tertiary/aromatic N) is 2. The summed E-state index contributed by atoms with van der Waals surface area (Å²) in [6.07, 6.45) is 3.34. The van der Waals surface area contributed by atoms with Gasteiger partial charge < -0.3 is 5.32 Å². The van der Waals surface area contributed by atoms with Gasteiger partial charge in [0.1, 0.15) is 5.82 Å². The van der Waals surface area contributed by atoms with Crippen LogP contribution in [0.1, 0.15) is 16.8 Å². The van der Waals surface area contributed by atoms with Gasteiger partial charge in [-0.05, 0) is 35.9 Å². The molecule has 1 aliphatic rings. The van der Waals surface area contributed by atoms with Crippen LogP contribution in [0.3, 0.4) is 0 Å². The number of thioether (sulfide) groups is 1. The third-order valence-corrected chi connectivity index (χ3v) is 5.31. The summed E-state index contributed by atoms with van der Waals surface area (Å²) >= 11 is 7.79.